The minimum absolute atomic E-state index is 0.0719. The first-order valence-corrected chi connectivity index (χ1v) is 7.37. The maximum absolute atomic E-state index is 13.2. The highest BCUT2D eigenvalue weighted by atomic mass is 19.4. The molecule has 1 saturated heterocycles. The number of hydrogen-bond acceptors (Lipinski definition) is 2. The number of rotatable bonds is 3. The fraction of sp³-hybridized carbons (Fsp3) is 0.375. The summed E-state index contributed by atoms with van der Waals surface area (Å²) in [6, 6.07) is 7.28. The highest BCUT2D eigenvalue weighted by Gasteiger charge is 2.64. The average molecular weight is 340 g/mol. The zero-order chi connectivity index (χ0) is 17.5. The van der Waals surface area contributed by atoms with Crippen LogP contribution in [-0.4, -0.2) is 46.1 Å². The number of para-hydroxylation sites is 1. The zero-order valence-corrected chi connectivity index (χ0v) is 12.6. The van der Waals surface area contributed by atoms with Crippen LogP contribution in [-0.2, 0) is 16.0 Å². The summed E-state index contributed by atoms with van der Waals surface area (Å²) < 4.78 is 39.5. The van der Waals surface area contributed by atoms with Crippen molar-refractivity contribution in [2.75, 3.05) is 13.1 Å². The van der Waals surface area contributed by atoms with E-state index in [0.29, 0.717) is 5.56 Å². The van der Waals surface area contributed by atoms with Crippen LogP contribution in [0.25, 0.3) is 10.9 Å². The summed E-state index contributed by atoms with van der Waals surface area (Å²) in [6.07, 6.45) is -3.94. The molecule has 1 unspecified atom stereocenters. The van der Waals surface area contributed by atoms with Gasteiger partial charge in [-0.05, 0) is 18.1 Å². The molecule has 24 heavy (non-hydrogen) atoms. The Labute approximate surface area is 135 Å². The van der Waals surface area contributed by atoms with Crippen LogP contribution in [0.3, 0.4) is 0 Å². The third kappa shape index (κ3) is 2.51. The number of aromatic nitrogens is 1. The van der Waals surface area contributed by atoms with Gasteiger partial charge in [-0.15, -0.1) is 0 Å². The van der Waals surface area contributed by atoms with Crippen molar-refractivity contribution in [2.24, 2.45) is 5.41 Å². The largest absolute Gasteiger partial charge is 0.481 e. The van der Waals surface area contributed by atoms with Crippen LogP contribution in [0.4, 0.5) is 13.2 Å². The smallest absolute Gasteiger partial charge is 0.406 e. The Bertz CT molecular complexity index is 799. The van der Waals surface area contributed by atoms with Crippen LogP contribution in [0, 0.1) is 5.41 Å². The molecule has 0 saturated carbocycles. The number of carboxylic acid groups (broad SMARTS) is 1. The van der Waals surface area contributed by atoms with Crippen molar-refractivity contribution < 1.29 is 27.9 Å². The molecule has 3 rings (SSSR count). The maximum atomic E-state index is 13.2. The van der Waals surface area contributed by atoms with Gasteiger partial charge in [-0.1, -0.05) is 18.2 Å². The number of carboxylic acids is 1. The van der Waals surface area contributed by atoms with Gasteiger partial charge in [0.1, 0.15) is 0 Å². The molecule has 2 N–H and O–H groups in total. The second-order valence-corrected chi connectivity index (χ2v) is 5.99. The molecule has 8 heteroatoms. The van der Waals surface area contributed by atoms with Crippen molar-refractivity contribution in [3.05, 3.63) is 36.0 Å². The van der Waals surface area contributed by atoms with Gasteiger partial charge in [-0.25, -0.2) is 0 Å². The monoisotopic (exact) mass is 340 g/mol. The number of aromatic amines is 1. The molecule has 0 spiro atoms. The van der Waals surface area contributed by atoms with Crippen LogP contribution in [0.2, 0.25) is 0 Å². The van der Waals surface area contributed by atoms with E-state index >= 15 is 0 Å². The number of carbonyl (C=O) groups excluding carboxylic acids is 1. The molecule has 1 atom stereocenters. The predicted molar refractivity (Wildman–Crippen MR) is 79.3 cm³/mol. The predicted octanol–water partition coefficient (Wildman–Crippen LogP) is 2.58. The number of likely N-dealkylation sites (tertiary alicyclic amines) is 1. The number of amides is 1. The van der Waals surface area contributed by atoms with Crippen molar-refractivity contribution in [1.82, 2.24) is 9.88 Å². The highest BCUT2D eigenvalue weighted by Crippen LogP contribution is 2.45. The molecular formula is C16H15F3N2O3. The molecule has 2 heterocycles. The number of nitrogens with one attached hydrogen (secondary N) is 1. The van der Waals surface area contributed by atoms with Gasteiger partial charge in [-0.2, -0.15) is 13.2 Å². The van der Waals surface area contributed by atoms with Crippen molar-refractivity contribution in [2.45, 2.75) is 19.0 Å². The Balaban J connectivity index is 1.78. The lowest BCUT2D eigenvalue weighted by atomic mass is 9.86. The molecule has 1 aliphatic rings. The Kier molecular flexibility index (Phi) is 3.77. The van der Waals surface area contributed by atoms with E-state index in [1.165, 1.54) is 0 Å². The van der Waals surface area contributed by atoms with Crippen molar-refractivity contribution >= 4 is 22.8 Å². The summed E-state index contributed by atoms with van der Waals surface area (Å²) >= 11 is 0. The summed E-state index contributed by atoms with van der Waals surface area (Å²) in [6.45, 7) is -1.06. The number of hydrogen-bond donors (Lipinski definition) is 2. The maximum Gasteiger partial charge on any atom is 0.406 e. The Morgan fingerprint density at radius 1 is 1.29 bits per heavy atom. The topological polar surface area (TPSA) is 73.4 Å². The third-order valence-corrected chi connectivity index (χ3v) is 4.59. The van der Waals surface area contributed by atoms with Gasteiger partial charge >= 0.3 is 12.1 Å². The fourth-order valence-electron chi connectivity index (χ4n) is 3.10. The van der Waals surface area contributed by atoms with E-state index in [9.17, 15) is 22.8 Å². The molecular weight excluding hydrogens is 325 g/mol. The van der Waals surface area contributed by atoms with Gasteiger partial charge in [0.2, 0.25) is 5.91 Å². The summed E-state index contributed by atoms with van der Waals surface area (Å²) in [7, 11) is 0. The van der Waals surface area contributed by atoms with E-state index in [4.69, 9.17) is 5.11 Å². The van der Waals surface area contributed by atoms with Gasteiger partial charge in [0.05, 0.1) is 6.42 Å². The number of fused-ring (bicyclic) bond motifs is 1. The van der Waals surface area contributed by atoms with E-state index in [0.717, 1.165) is 15.8 Å². The van der Waals surface area contributed by atoms with Crippen LogP contribution in [0.15, 0.2) is 30.5 Å². The second kappa shape index (κ2) is 5.54. The second-order valence-electron chi connectivity index (χ2n) is 5.99. The number of carbonyl (C=O) groups is 2. The van der Waals surface area contributed by atoms with Crippen molar-refractivity contribution in [1.29, 1.82) is 0 Å². The Morgan fingerprint density at radius 2 is 2.00 bits per heavy atom. The normalized spacial score (nSPS) is 21.4. The summed E-state index contributed by atoms with van der Waals surface area (Å²) in [5, 5.41) is 9.86. The molecule has 0 radical (unpaired) electrons. The molecule has 1 aromatic carbocycles. The first-order chi connectivity index (χ1) is 11.2. The molecule has 1 amide bonds. The van der Waals surface area contributed by atoms with E-state index in [1.54, 1.807) is 12.3 Å². The average Bonchev–Trinajstić information content (AvgIpc) is 3.12. The van der Waals surface area contributed by atoms with E-state index in [1.807, 2.05) is 18.2 Å². The summed E-state index contributed by atoms with van der Waals surface area (Å²) in [5.74, 6) is -2.44. The van der Waals surface area contributed by atoms with Gasteiger partial charge in [0.25, 0.3) is 0 Å². The van der Waals surface area contributed by atoms with E-state index in [2.05, 4.69) is 4.98 Å². The standard InChI is InChI=1S/C16H15F3N2O3/c17-16(18,19)15(14(23)24)5-6-21(9-15)13(22)7-10-8-20-12-4-2-1-3-11(10)12/h1-4,8,20H,5-7,9H2,(H,23,24). The van der Waals surface area contributed by atoms with Crippen molar-refractivity contribution in [3.8, 4) is 0 Å². The lowest BCUT2D eigenvalue weighted by Gasteiger charge is -2.27. The van der Waals surface area contributed by atoms with Crippen molar-refractivity contribution in [3.63, 3.8) is 0 Å². The number of H-pyrrole nitrogens is 1. The molecule has 1 fully saturated rings. The minimum Gasteiger partial charge on any atom is -0.481 e. The lowest BCUT2D eigenvalue weighted by Crippen LogP contribution is -2.47. The molecule has 1 aliphatic heterocycles. The summed E-state index contributed by atoms with van der Waals surface area (Å²) in [5.41, 5.74) is -1.37. The molecule has 128 valence electrons. The molecule has 0 bridgehead atoms. The Hall–Kier alpha value is -2.51. The quantitative estimate of drug-likeness (QED) is 0.902. The molecule has 2 aromatic rings. The van der Waals surface area contributed by atoms with Crippen LogP contribution in [0.1, 0.15) is 12.0 Å². The van der Waals surface area contributed by atoms with Gasteiger partial charge in [-0.3, -0.25) is 9.59 Å². The van der Waals surface area contributed by atoms with Gasteiger partial charge < -0.3 is 15.0 Å². The fourth-order valence-corrected chi connectivity index (χ4v) is 3.10. The summed E-state index contributed by atoms with van der Waals surface area (Å²) in [4.78, 5) is 27.5. The van der Waals surface area contributed by atoms with Gasteiger partial charge in [0.15, 0.2) is 5.41 Å². The number of nitrogens with zero attached hydrogens (tertiary/aromatic N) is 1. The molecule has 0 aliphatic carbocycles. The SMILES string of the molecule is O=C(Cc1c[nH]c2ccccc12)N1CCC(C(=O)O)(C(F)(F)F)C1. The first-order valence-electron chi connectivity index (χ1n) is 7.37. The zero-order valence-electron chi connectivity index (χ0n) is 12.6. The molecule has 5 nitrogen and oxygen atoms in total. The number of benzene rings is 1. The van der Waals surface area contributed by atoms with Crippen LogP contribution < -0.4 is 0 Å². The number of aliphatic carboxylic acids is 1. The number of halogens is 3. The van der Waals surface area contributed by atoms with Crippen LogP contribution in [0.5, 0.6) is 0 Å². The minimum atomic E-state index is -4.89. The third-order valence-electron chi connectivity index (χ3n) is 4.59. The van der Waals surface area contributed by atoms with Gasteiger partial charge in [0, 0.05) is 30.2 Å². The molecule has 1 aromatic heterocycles. The first kappa shape index (κ1) is 16.4. The number of alkyl halides is 3. The van der Waals surface area contributed by atoms with E-state index in [-0.39, 0.29) is 13.0 Å². The lowest BCUT2D eigenvalue weighted by molar-refractivity contribution is -0.227. The highest BCUT2D eigenvalue weighted by molar-refractivity contribution is 5.89. The Morgan fingerprint density at radius 3 is 2.62 bits per heavy atom. The van der Waals surface area contributed by atoms with E-state index < -0.39 is 36.4 Å². The van der Waals surface area contributed by atoms with Crippen LogP contribution >= 0.6 is 0 Å².